The first-order valence-electron chi connectivity index (χ1n) is 33.6. The molecule has 0 spiro atoms. The van der Waals surface area contributed by atoms with Crippen molar-refractivity contribution < 1.29 is 29.3 Å². The van der Waals surface area contributed by atoms with Gasteiger partial charge in [-0.3, -0.25) is 24.0 Å². The molecule has 101 heavy (non-hydrogen) atoms. The van der Waals surface area contributed by atoms with Crippen LogP contribution < -0.4 is 22.0 Å². The zero-order valence-electron chi connectivity index (χ0n) is 58.5. The Balaban J connectivity index is 0.000000168. The number of carbonyl (C=O) groups is 3. The van der Waals surface area contributed by atoms with Crippen molar-refractivity contribution in [2.75, 3.05) is 46.3 Å². The Kier molecular flexibility index (Phi) is 24.0. The number of likely N-dealkylation sites (tertiary alicyclic amines) is 2. The Bertz CT molecular complexity index is 5130. The SMILES string of the molecule is C.Cc1cn2cc(-c3cc(C)c4nc(C5CCN(C(=O)OC(C)(C)C)CC5)[nH]c(=O)c4c3)ccc2n1.Cc1cn2cc(-c3cc(C)c4nc(C5CCN(C)CC5)[nH]c(=O)c4c3)ccc2n1.Cc1cn2cc(-c3cc(C)c4nc(C5CCNCC5)[nH]c(=O)c4c3)ccc2n1.O=CO.O=CO.[B]C. The summed E-state index contributed by atoms with van der Waals surface area (Å²) in [5.41, 5.74) is 16.4. The third-order valence-electron chi connectivity index (χ3n) is 18.1. The van der Waals surface area contributed by atoms with E-state index in [2.05, 4.69) is 91.7 Å². The van der Waals surface area contributed by atoms with Gasteiger partial charge in [0.1, 0.15) is 40.0 Å². The Hall–Kier alpha value is -10.7. The highest BCUT2D eigenvalue weighted by atomic mass is 16.6. The molecule has 0 saturated carbocycles. The van der Waals surface area contributed by atoms with Crippen molar-refractivity contribution in [3.8, 4) is 33.4 Å². The molecule has 0 bridgehead atoms. The molecular formula is C76H90BN15O9. The molecule has 9 aromatic heterocycles. The summed E-state index contributed by atoms with van der Waals surface area (Å²) in [7, 11) is 6.64. The smallest absolute Gasteiger partial charge is 0.410 e. The normalized spacial score (nSPS) is 14.5. The van der Waals surface area contributed by atoms with Crippen LogP contribution in [0, 0.1) is 41.5 Å². The number of imidazole rings is 3. The zero-order valence-corrected chi connectivity index (χ0v) is 58.5. The van der Waals surface area contributed by atoms with Gasteiger partial charge in [0, 0.05) is 68.0 Å². The first kappa shape index (κ1) is 74.6. The maximum absolute atomic E-state index is 13.1. The second-order valence-electron chi connectivity index (χ2n) is 26.7. The van der Waals surface area contributed by atoms with E-state index in [9.17, 15) is 19.2 Å². The molecule has 3 aliphatic heterocycles. The van der Waals surface area contributed by atoms with Crippen molar-refractivity contribution in [1.29, 1.82) is 0 Å². The number of rotatable bonds is 6. The predicted octanol–water partition coefficient (Wildman–Crippen LogP) is 12.2. The van der Waals surface area contributed by atoms with E-state index in [1.807, 2.05) is 149 Å². The molecule has 12 aromatic rings. The Morgan fingerprint density at radius 2 is 0.792 bits per heavy atom. The molecule has 3 aliphatic rings. The lowest BCUT2D eigenvalue weighted by molar-refractivity contribution is -0.123. The fraction of sp³-hybridized carbons (Fsp3) is 0.368. The van der Waals surface area contributed by atoms with E-state index in [-0.39, 0.29) is 49.1 Å². The molecule has 526 valence electrons. The van der Waals surface area contributed by atoms with Gasteiger partial charge >= 0.3 is 6.09 Å². The molecule has 12 heterocycles. The van der Waals surface area contributed by atoms with Crippen LogP contribution >= 0.6 is 0 Å². The predicted molar refractivity (Wildman–Crippen MR) is 398 cm³/mol. The number of aryl methyl sites for hydroxylation is 6. The first-order chi connectivity index (χ1) is 48.0. The maximum atomic E-state index is 13.1. The summed E-state index contributed by atoms with van der Waals surface area (Å²) in [4.78, 5) is 109. The number of hydrogen-bond donors (Lipinski definition) is 6. The molecule has 15 rings (SSSR count). The van der Waals surface area contributed by atoms with Crippen molar-refractivity contribution in [2.45, 2.75) is 138 Å². The average molecular weight is 1370 g/mol. The summed E-state index contributed by atoms with van der Waals surface area (Å²) in [5, 5.41) is 19.0. The minimum absolute atomic E-state index is 0. The number of fused-ring (bicyclic) bond motifs is 6. The third kappa shape index (κ3) is 17.5. The second-order valence-corrected chi connectivity index (χ2v) is 26.7. The Morgan fingerprint density at radius 3 is 1.11 bits per heavy atom. The molecule has 0 aliphatic carbocycles. The number of amides is 1. The van der Waals surface area contributed by atoms with Gasteiger partial charge in [-0.25, -0.2) is 34.7 Å². The molecule has 0 unspecified atom stereocenters. The number of carbonyl (C=O) groups excluding carboxylic acids is 1. The lowest BCUT2D eigenvalue weighted by atomic mass is 9.95. The topological polar surface area (TPSA) is 309 Å². The lowest BCUT2D eigenvalue weighted by Gasteiger charge is -2.33. The summed E-state index contributed by atoms with van der Waals surface area (Å²) < 4.78 is 11.5. The van der Waals surface area contributed by atoms with Crippen LogP contribution in [0.3, 0.4) is 0 Å². The van der Waals surface area contributed by atoms with Crippen LogP contribution in [0.4, 0.5) is 4.79 Å². The highest BCUT2D eigenvalue weighted by molar-refractivity contribution is 6.05. The number of benzene rings is 3. The van der Waals surface area contributed by atoms with Gasteiger partial charge in [-0.15, -0.1) is 0 Å². The number of H-pyrrole nitrogens is 3. The van der Waals surface area contributed by atoms with Crippen molar-refractivity contribution >= 4 is 76.5 Å². The monoisotopic (exact) mass is 1370 g/mol. The average Bonchev–Trinajstić information content (AvgIpc) is 1.22. The van der Waals surface area contributed by atoms with Gasteiger partial charge in [0.15, 0.2) is 0 Å². The number of hydrogen-bond acceptors (Lipinski definition) is 15. The minimum atomic E-state index is -0.515. The molecular weight excluding hydrogens is 1280 g/mol. The van der Waals surface area contributed by atoms with Crippen LogP contribution in [0.15, 0.2) is 124 Å². The van der Waals surface area contributed by atoms with Crippen LogP contribution in [-0.2, 0) is 14.3 Å². The number of nitrogens with one attached hydrogen (secondary N) is 4. The van der Waals surface area contributed by atoms with Gasteiger partial charge in [0.05, 0.1) is 57.6 Å². The van der Waals surface area contributed by atoms with E-state index in [1.54, 1.807) is 4.90 Å². The van der Waals surface area contributed by atoms with Crippen LogP contribution in [0.5, 0.6) is 0 Å². The molecule has 3 aromatic carbocycles. The summed E-state index contributed by atoms with van der Waals surface area (Å²) in [6, 6.07) is 24.3. The van der Waals surface area contributed by atoms with Gasteiger partial charge in [-0.2, -0.15) is 0 Å². The van der Waals surface area contributed by atoms with Gasteiger partial charge in [0.2, 0.25) is 0 Å². The van der Waals surface area contributed by atoms with E-state index in [0.29, 0.717) is 46.9 Å². The van der Waals surface area contributed by atoms with Gasteiger partial charge in [-0.05, 0) is 257 Å². The van der Waals surface area contributed by atoms with E-state index in [1.165, 1.54) is 6.82 Å². The third-order valence-corrected chi connectivity index (χ3v) is 18.1. The summed E-state index contributed by atoms with van der Waals surface area (Å²) >= 11 is 0. The largest absolute Gasteiger partial charge is 0.483 e. The summed E-state index contributed by atoms with van der Waals surface area (Å²) in [5.74, 6) is 3.10. The summed E-state index contributed by atoms with van der Waals surface area (Å²) in [6.45, 7) is 23.8. The lowest BCUT2D eigenvalue weighted by Crippen LogP contribution is -2.41. The van der Waals surface area contributed by atoms with Crippen LogP contribution in [0.25, 0.3) is 83.0 Å². The van der Waals surface area contributed by atoms with Gasteiger partial charge in [0.25, 0.3) is 29.6 Å². The number of ether oxygens (including phenoxy) is 1. The van der Waals surface area contributed by atoms with Crippen LogP contribution in [0.2, 0.25) is 6.82 Å². The fourth-order valence-electron chi connectivity index (χ4n) is 13.3. The van der Waals surface area contributed by atoms with E-state index in [4.69, 9.17) is 39.5 Å². The van der Waals surface area contributed by atoms with Crippen molar-refractivity contribution in [2.24, 2.45) is 0 Å². The zero-order chi connectivity index (χ0) is 71.7. The maximum Gasteiger partial charge on any atom is 0.410 e. The number of pyridine rings is 3. The van der Waals surface area contributed by atoms with Crippen LogP contribution in [0.1, 0.15) is 136 Å². The first-order valence-corrected chi connectivity index (χ1v) is 33.6. The highest BCUT2D eigenvalue weighted by Gasteiger charge is 2.30. The van der Waals surface area contributed by atoms with E-state index < -0.39 is 5.60 Å². The van der Waals surface area contributed by atoms with Crippen molar-refractivity contribution in [3.63, 3.8) is 0 Å². The van der Waals surface area contributed by atoms with Crippen molar-refractivity contribution in [3.05, 3.63) is 192 Å². The summed E-state index contributed by atoms with van der Waals surface area (Å²) in [6.07, 6.45) is 17.4. The molecule has 3 fully saturated rings. The molecule has 0 atom stereocenters. The molecule has 3 saturated heterocycles. The minimum Gasteiger partial charge on any atom is -0.483 e. The number of aromatic amines is 3. The van der Waals surface area contributed by atoms with Gasteiger partial charge < -0.3 is 58.2 Å². The molecule has 6 N–H and O–H groups in total. The fourth-order valence-corrected chi connectivity index (χ4v) is 13.3. The molecule has 25 heteroatoms. The quantitative estimate of drug-likeness (QED) is 0.0666. The number of piperidine rings is 3. The Labute approximate surface area is 586 Å². The van der Waals surface area contributed by atoms with Gasteiger partial charge in [-0.1, -0.05) is 14.2 Å². The van der Waals surface area contributed by atoms with E-state index in [0.717, 1.165) is 177 Å². The van der Waals surface area contributed by atoms with E-state index >= 15 is 0 Å². The molecule has 24 nitrogen and oxygen atoms in total. The Morgan fingerprint density at radius 1 is 0.485 bits per heavy atom. The highest BCUT2D eigenvalue weighted by Crippen LogP contribution is 2.33. The van der Waals surface area contributed by atoms with Crippen LogP contribution in [-0.4, -0.2) is 157 Å². The number of aromatic nitrogens is 12. The van der Waals surface area contributed by atoms with Crippen molar-refractivity contribution in [1.82, 2.24) is 73.2 Å². The standard InChI is InChI=1S/C27H31N5O3.C23H25N5O.C22H23N5O.CH3B.2CH2O2.CH4/c1-16-12-20(19-6-7-22-28-17(2)14-32(22)15-19)13-21-23(16)29-24(30-25(21)33)18-8-10-31(11-9-18)26(34)35-27(3,4)5;1-14-10-18(17-4-5-20-24-15(2)12-28(20)13-17)11-19-21(14)25-22(26-23(19)29)16-6-8-27(3)9-7-16;1-13-9-17(16-3-4-19-24-14(2)11-27(19)12-16)10-18-20(13)25-21(26-22(18)28)15-5-7-23-8-6-15;1-2;2*2-1-3;/h6-7,12-15,18H,8-11H2,1-5H3,(H,29,30,33);4-5,10-13,16H,6-9H2,1-3H3,(H,25,26,29);3-4,9-12,15,23H,5-8H2,1-2H3,(H,25,26,28);1H3;2*1H,(H,2,3);1H4. The molecule has 2 radical (unpaired) electrons. The number of nitrogens with zero attached hydrogens (tertiary/aromatic N) is 11. The number of carboxylic acid groups (broad SMARTS) is 2. The molecule has 1 amide bonds. The second kappa shape index (κ2) is 32.6.